The first kappa shape index (κ1) is 58.7. The molecule has 0 unspecified atom stereocenters. The molecule has 0 rings (SSSR count). The van der Waals surface area contributed by atoms with Crippen molar-refractivity contribution in [2.24, 2.45) is 0 Å². The Balaban J connectivity index is -0.000000000333. The second-order valence-electron chi connectivity index (χ2n) is 0. The number of hydrogen-bond acceptors (Lipinski definition) is 4. The molecular weight excluding hydrogens is 271 g/mol. The average molecular weight is 274 g/mol. The minimum absolute atomic E-state index is 0. The maximum atomic E-state index is 4.13. The van der Waals surface area contributed by atoms with E-state index in [0.29, 0.717) is 0 Å². The summed E-state index contributed by atoms with van der Waals surface area (Å²) in [5.41, 5.74) is 0. The fourth-order valence-electron chi connectivity index (χ4n) is 0. The summed E-state index contributed by atoms with van der Waals surface area (Å²) in [6.07, 6.45) is 0. The van der Waals surface area contributed by atoms with E-state index in [1.54, 1.807) is 0 Å². The molecule has 8 heteroatoms. The van der Waals surface area contributed by atoms with Gasteiger partial charge in [-0.25, -0.2) is 0 Å². The topological polar surface area (TPSA) is 90.0 Å². The fraction of sp³-hybridized carbons (Fsp3) is 0. The van der Waals surface area contributed by atoms with Gasteiger partial charge in [0.2, 0.25) is 0 Å². The van der Waals surface area contributed by atoms with Gasteiger partial charge >= 0.3 is 119 Å². The van der Waals surface area contributed by atoms with Crippen LogP contribution < -0.4 is 88.7 Å². The van der Waals surface area contributed by atoms with Gasteiger partial charge in [-0.05, 0) is 0 Å². The zero-order valence-electron chi connectivity index (χ0n) is 5.20. The summed E-state index contributed by atoms with van der Waals surface area (Å²) >= 11 is 1.33. The first-order valence-corrected chi connectivity index (χ1v) is 3.67. The van der Waals surface area contributed by atoms with E-state index in [1.807, 2.05) is 0 Å². The van der Waals surface area contributed by atoms with Crippen molar-refractivity contribution in [3.05, 3.63) is 0 Å². The third-order valence-corrected chi connectivity index (χ3v) is 0. The van der Waals surface area contributed by atoms with E-state index >= 15 is 0 Å². The van der Waals surface area contributed by atoms with E-state index in [-0.39, 0.29) is 105 Å². The van der Waals surface area contributed by atoms with E-state index in [9.17, 15) is 0 Å². The molecular formula is H3Na3O3SSb. The van der Waals surface area contributed by atoms with Gasteiger partial charge in [-0.2, -0.15) is 0 Å². The van der Waals surface area contributed by atoms with Crippen molar-refractivity contribution < 1.29 is 105 Å². The molecule has 0 aliphatic rings. The Morgan fingerprint density at radius 1 is 0.625 bits per heavy atom. The number of rotatable bonds is 0. The molecule has 0 bridgehead atoms. The maximum absolute atomic E-state index is 4.13. The molecule has 0 heterocycles. The zero-order valence-corrected chi connectivity index (χ0v) is 14.6. The van der Waals surface area contributed by atoms with Gasteiger partial charge in [0.25, 0.3) is 0 Å². The first-order chi connectivity index (χ1) is 1.00. The fourth-order valence-corrected chi connectivity index (χ4v) is 0. The van der Waals surface area contributed by atoms with Crippen molar-refractivity contribution in [1.29, 1.82) is 0 Å². The van der Waals surface area contributed by atoms with Crippen LogP contribution in [0.1, 0.15) is 0 Å². The molecule has 0 atom stereocenters. The van der Waals surface area contributed by atoms with Crippen LogP contribution >= 0.6 is 9.19 Å². The Hall–Kier alpha value is 3.92. The molecule has 1 radical (unpaired) electrons. The van der Waals surface area contributed by atoms with Crippen molar-refractivity contribution in [2.75, 3.05) is 0 Å². The molecule has 3 nitrogen and oxygen atoms in total. The normalized spacial score (nSPS) is 0.500. The molecule has 3 N–H and O–H groups in total. The summed E-state index contributed by atoms with van der Waals surface area (Å²) in [6, 6.07) is 0. The molecule has 0 spiro atoms. The average Bonchev–Trinajstić information content (AvgIpc) is 1.00. The molecule has 0 aromatic rings. The summed E-state index contributed by atoms with van der Waals surface area (Å²) in [5, 5.41) is 0. The summed E-state index contributed by atoms with van der Waals surface area (Å²) in [5.74, 6) is 0. The van der Waals surface area contributed by atoms with Gasteiger partial charge in [-0.1, -0.05) is 0 Å². The van der Waals surface area contributed by atoms with Crippen LogP contribution in [0.3, 0.4) is 0 Å². The Kier molecular flexibility index (Phi) is 514. The molecule has 0 aliphatic carbocycles. The molecule has 35 valence electrons. The monoisotopic (exact) mass is 273 g/mol. The van der Waals surface area contributed by atoms with E-state index in [1.165, 1.54) is 21.1 Å². The van der Waals surface area contributed by atoms with E-state index in [2.05, 4.69) is 9.19 Å². The molecule has 8 heavy (non-hydrogen) atoms. The molecule has 0 aromatic carbocycles. The summed E-state index contributed by atoms with van der Waals surface area (Å²) in [6.45, 7) is 0. The van der Waals surface area contributed by atoms with Gasteiger partial charge in [0, 0.05) is 0 Å². The van der Waals surface area contributed by atoms with E-state index < -0.39 is 0 Å². The summed E-state index contributed by atoms with van der Waals surface area (Å²) < 4.78 is 0. The van der Waals surface area contributed by atoms with Crippen LogP contribution in [0.4, 0.5) is 0 Å². The van der Waals surface area contributed by atoms with Crippen molar-refractivity contribution in [2.45, 2.75) is 0 Å². The predicted octanol–water partition coefficient (Wildman–Crippen LogP) is -9.25. The third-order valence-electron chi connectivity index (χ3n) is 0. The first-order valence-electron chi connectivity index (χ1n) is 0.183. The SMILES string of the molecule is [Na+].[Na+].[Na+].[OH-].[OH-].[OH-].[S]=[Sb]. The van der Waals surface area contributed by atoms with Crippen molar-refractivity contribution in [3.8, 4) is 0 Å². The number of hydrogen-bond donors (Lipinski definition) is 0. The molecule has 0 saturated heterocycles. The van der Waals surface area contributed by atoms with Gasteiger partial charge < -0.3 is 16.4 Å². The van der Waals surface area contributed by atoms with Crippen LogP contribution in [0.25, 0.3) is 0 Å². The van der Waals surface area contributed by atoms with Gasteiger partial charge in [0.1, 0.15) is 0 Å². The molecule has 0 amide bonds. The second kappa shape index (κ2) is 70.0. The molecule has 0 aliphatic heterocycles. The van der Waals surface area contributed by atoms with Crippen LogP contribution in [-0.2, 0) is 0 Å². The quantitative estimate of drug-likeness (QED) is 0.410. The second-order valence-corrected chi connectivity index (χ2v) is 0. The van der Waals surface area contributed by atoms with E-state index in [4.69, 9.17) is 0 Å². The third kappa shape index (κ3) is 51.4. The van der Waals surface area contributed by atoms with E-state index in [0.717, 1.165) is 0 Å². The van der Waals surface area contributed by atoms with Crippen LogP contribution in [0, 0.1) is 0 Å². The Bertz CT molecular complexity index is 14.5. The summed E-state index contributed by atoms with van der Waals surface area (Å²) in [4.78, 5) is 0. The van der Waals surface area contributed by atoms with Crippen LogP contribution in [0.15, 0.2) is 0 Å². The van der Waals surface area contributed by atoms with Gasteiger partial charge in [0.15, 0.2) is 0 Å². The Morgan fingerprint density at radius 3 is 0.625 bits per heavy atom. The molecule has 0 aromatic heterocycles. The van der Waals surface area contributed by atoms with Crippen molar-refractivity contribution >= 4 is 30.2 Å². The van der Waals surface area contributed by atoms with Crippen LogP contribution in [0.5, 0.6) is 0 Å². The molecule has 0 saturated carbocycles. The predicted molar refractivity (Wildman–Crippen MR) is 19.2 cm³/mol. The van der Waals surface area contributed by atoms with Gasteiger partial charge in [0.05, 0.1) is 0 Å². The Morgan fingerprint density at radius 2 is 0.625 bits per heavy atom. The van der Waals surface area contributed by atoms with Crippen LogP contribution in [0.2, 0.25) is 0 Å². The van der Waals surface area contributed by atoms with Gasteiger partial charge in [-0.15, -0.1) is 0 Å². The Labute approximate surface area is 132 Å². The minimum atomic E-state index is 0. The van der Waals surface area contributed by atoms with Gasteiger partial charge in [-0.3, -0.25) is 0 Å². The molecule has 0 fully saturated rings. The summed E-state index contributed by atoms with van der Waals surface area (Å²) in [7, 11) is 4.13. The zero-order chi connectivity index (χ0) is 2.00. The van der Waals surface area contributed by atoms with Crippen LogP contribution in [-0.4, -0.2) is 37.5 Å². The van der Waals surface area contributed by atoms with Crippen molar-refractivity contribution in [3.63, 3.8) is 0 Å². The van der Waals surface area contributed by atoms with Crippen molar-refractivity contribution in [1.82, 2.24) is 0 Å². The standard InChI is InChI=1S/3Na.3H2O.S.Sb/h;;;3*1H2;;/q3*+1;;;;;/p-3.